The van der Waals surface area contributed by atoms with Gasteiger partial charge < -0.3 is 5.11 Å². The highest BCUT2D eigenvalue weighted by Gasteiger charge is 2.22. The number of carboxylic acid groups (broad SMARTS) is 1. The Labute approximate surface area is 121 Å². The Kier molecular flexibility index (Phi) is 4.63. The Morgan fingerprint density at radius 2 is 1.95 bits per heavy atom. The molecule has 0 aliphatic rings. The molecule has 0 saturated heterocycles. The molecular formula is C12H16BrNO4S. The molecule has 0 unspecified atom stereocenters. The molecule has 19 heavy (non-hydrogen) atoms. The van der Waals surface area contributed by atoms with E-state index in [1.54, 1.807) is 0 Å². The molecular weight excluding hydrogens is 334 g/mol. The molecule has 1 rings (SSSR count). The van der Waals surface area contributed by atoms with Gasteiger partial charge in [-0.25, -0.2) is 13.2 Å². The number of rotatable bonds is 4. The van der Waals surface area contributed by atoms with E-state index in [1.165, 1.54) is 18.2 Å². The Morgan fingerprint density at radius 1 is 1.37 bits per heavy atom. The summed E-state index contributed by atoms with van der Waals surface area (Å²) >= 11 is 3.16. The molecule has 0 amide bonds. The molecule has 1 aromatic rings. The lowest BCUT2D eigenvalue weighted by atomic mass is 10.0. The first-order chi connectivity index (χ1) is 8.50. The number of carboxylic acids is 1. The van der Waals surface area contributed by atoms with E-state index in [4.69, 9.17) is 5.11 Å². The Balaban J connectivity index is 2.98. The van der Waals surface area contributed by atoms with Crippen molar-refractivity contribution >= 4 is 37.6 Å². The van der Waals surface area contributed by atoms with E-state index < -0.39 is 16.0 Å². The number of carbonyl (C=O) groups is 1. The Bertz CT molecular complexity index is 590. The van der Waals surface area contributed by atoms with Crippen LogP contribution in [0.3, 0.4) is 0 Å². The minimum atomic E-state index is -3.48. The van der Waals surface area contributed by atoms with Crippen LogP contribution in [-0.4, -0.2) is 25.2 Å². The van der Waals surface area contributed by atoms with Crippen LogP contribution >= 0.6 is 15.9 Å². The lowest BCUT2D eigenvalue weighted by molar-refractivity contribution is 0.0697. The first-order valence-electron chi connectivity index (χ1n) is 5.53. The summed E-state index contributed by atoms with van der Waals surface area (Å²) in [5.41, 5.74) is 0.0548. The maximum atomic E-state index is 11.9. The zero-order chi connectivity index (χ0) is 14.8. The molecule has 0 aliphatic carbocycles. The zero-order valence-corrected chi connectivity index (χ0v) is 13.3. The van der Waals surface area contributed by atoms with Crippen molar-refractivity contribution in [3.63, 3.8) is 0 Å². The molecule has 0 fully saturated rings. The van der Waals surface area contributed by atoms with Crippen molar-refractivity contribution < 1.29 is 18.3 Å². The summed E-state index contributed by atoms with van der Waals surface area (Å²) in [6.07, 6.45) is 0. The summed E-state index contributed by atoms with van der Waals surface area (Å²) in [6.45, 7) is 5.48. The molecule has 106 valence electrons. The minimum Gasteiger partial charge on any atom is -0.478 e. The molecule has 0 atom stereocenters. The summed E-state index contributed by atoms with van der Waals surface area (Å²) in [5.74, 6) is -1.09. The van der Waals surface area contributed by atoms with Gasteiger partial charge in [-0.2, -0.15) is 0 Å². The van der Waals surface area contributed by atoms with Crippen LogP contribution in [0.5, 0.6) is 0 Å². The van der Waals surface area contributed by atoms with Gasteiger partial charge in [0, 0.05) is 4.47 Å². The predicted molar refractivity (Wildman–Crippen MR) is 78.0 cm³/mol. The van der Waals surface area contributed by atoms with Crippen LogP contribution in [0.15, 0.2) is 22.7 Å². The van der Waals surface area contributed by atoms with E-state index in [1.807, 2.05) is 20.8 Å². The SMILES string of the molecule is CC(C)(C)CS(=O)(=O)Nc1ccc(C(=O)O)cc1Br. The lowest BCUT2D eigenvalue weighted by Gasteiger charge is -2.19. The van der Waals surface area contributed by atoms with Gasteiger partial charge in [-0.05, 0) is 39.5 Å². The number of sulfonamides is 1. The number of aromatic carboxylic acids is 1. The molecule has 1 aromatic carbocycles. The average molecular weight is 350 g/mol. The predicted octanol–water partition coefficient (Wildman–Crippen LogP) is 2.94. The molecule has 0 heterocycles. The van der Waals surface area contributed by atoms with Crippen LogP contribution in [0.4, 0.5) is 5.69 Å². The molecule has 0 saturated carbocycles. The van der Waals surface area contributed by atoms with E-state index in [0.29, 0.717) is 10.2 Å². The van der Waals surface area contributed by atoms with E-state index in [2.05, 4.69) is 20.7 Å². The molecule has 0 bridgehead atoms. The van der Waals surface area contributed by atoms with Gasteiger partial charge in [0.05, 0.1) is 17.0 Å². The van der Waals surface area contributed by atoms with Gasteiger partial charge in [0.25, 0.3) is 0 Å². The third-order valence-electron chi connectivity index (χ3n) is 2.10. The monoisotopic (exact) mass is 349 g/mol. The maximum absolute atomic E-state index is 11.9. The minimum absolute atomic E-state index is 0.0207. The van der Waals surface area contributed by atoms with Crippen LogP contribution < -0.4 is 4.72 Å². The number of hydrogen-bond donors (Lipinski definition) is 2. The topological polar surface area (TPSA) is 83.5 Å². The van der Waals surface area contributed by atoms with Crippen molar-refractivity contribution in [1.29, 1.82) is 0 Å². The highest BCUT2D eigenvalue weighted by Crippen LogP contribution is 2.26. The largest absolute Gasteiger partial charge is 0.478 e. The molecule has 0 spiro atoms. The highest BCUT2D eigenvalue weighted by atomic mass is 79.9. The van der Waals surface area contributed by atoms with Crippen LogP contribution in [-0.2, 0) is 10.0 Å². The molecule has 7 heteroatoms. The van der Waals surface area contributed by atoms with Crippen molar-refractivity contribution in [3.05, 3.63) is 28.2 Å². The number of halogens is 1. The fraction of sp³-hybridized carbons (Fsp3) is 0.417. The summed E-state index contributed by atoms with van der Waals surface area (Å²) in [5, 5.41) is 8.83. The van der Waals surface area contributed by atoms with E-state index in [0.717, 1.165) is 0 Å². The van der Waals surface area contributed by atoms with Crippen molar-refractivity contribution in [2.75, 3.05) is 10.5 Å². The van der Waals surface area contributed by atoms with E-state index in [-0.39, 0.29) is 16.7 Å². The van der Waals surface area contributed by atoms with Gasteiger partial charge in [0.2, 0.25) is 10.0 Å². The van der Waals surface area contributed by atoms with Crippen LogP contribution in [0.2, 0.25) is 0 Å². The molecule has 5 nitrogen and oxygen atoms in total. The van der Waals surface area contributed by atoms with Gasteiger partial charge in [0.15, 0.2) is 0 Å². The number of nitrogens with one attached hydrogen (secondary N) is 1. The number of hydrogen-bond acceptors (Lipinski definition) is 3. The molecule has 2 N–H and O–H groups in total. The van der Waals surface area contributed by atoms with Crippen molar-refractivity contribution in [2.45, 2.75) is 20.8 Å². The van der Waals surface area contributed by atoms with Gasteiger partial charge in [-0.1, -0.05) is 20.8 Å². The zero-order valence-electron chi connectivity index (χ0n) is 10.9. The standard InChI is InChI=1S/C12H16BrNO4S/c1-12(2,3)7-19(17,18)14-10-5-4-8(11(15)16)6-9(10)13/h4-6,14H,7H2,1-3H3,(H,15,16). The first kappa shape index (κ1) is 16.0. The summed E-state index contributed by atoms with van der Waals surface area (Å²) in [7, 11) is -3.48. The van der Waals surface area contributed by atoms with Crippen molar-refractivity contribution in [2.24, 2.45) is 5.41 Å². The van der Waals surface area contributed by atoms with Crippen molar-refractivity contribution in [3.8, 4) is 0 Å². The third kappa shape index (κ3) is 5.20. The smallest absolute Gasteiger partial charge is 0.335 e. The number of benzene rings is 1. The maximum Gasteiger partial charge on any atom is 0.335 e. The van der Waals surface area contributed by atoms with Crippen LogP contribution in [0.1, 0.15) is 31.1 Å². The Morgan fingerprint density at radius 3 is 2.37 bits per heavy atom. The molecule has 0 aliphatic heterocycles. The first-order valence-corrected chi connectivity index (χ1v) is 7.98. The lowest BCUT2D eigenvalue weighted by Crippen LogP contribution is -2.26. The fourth-order valence-corrected chi connectivity index (χ4v) is 3.84. The number of anilines is 1. The molecule has 0 radical (unpaired) electrons. The summed E-state index contributed by atoms with van der Waals surface area (Å²) in [6, 6.07) is 4.13. The third-order valence-corrected chi connectivity index (χ3v) is 4.54. The second-order valence-corrected chi connectivity index (χ2v) is 8.00. The van der Waals surface area contributed by atoms with Crippen LogP contribution in [0.25, 0.3) is 0 Å². The quantitative estimate of drug-likeness (QED) is 0.875. The summed E-state index contributed by atoms with van der Waals surface area (Å²) in [4.78, 5) is 10.8. The average Bonchev–Trinajstić information content (AvgIpc) is 2.16. The Hall–Kier alpha value is -1.08. The van der Waals surface area contributed by atoms with Gasteiger partial charge in [0.1, 0.15) is 0 Å². The van der Waals surface area contributed by atoms with Gasteiger partial charge in [-0.15, -0.1) is 0 Å². The van der Waals surface area contributed by atoms with Gasteiger partial charge >= 0.3 is 5.97 Å². The van der Waals surface area contributed by atoms with Crippen LogP contribution in [0, 0.1) is 5.41 Å². The fourth-order valence-electron chi connectivity index (χ4n) is 1.50. The van der Waals surface area contributed by atoms with E-state index >= 15 is 0 Å². The summed E-state index contributed by atoms with van der Waals surface area (Å²) < 4.78 is 26.7. The normalized spacial score (nSPS) is 12.2. The molecule has 0 aromatic heterocycles. The van der Waals surface area contributed by atoms with Gasteiger partial charge in [-0.3, -0.25) is 4.72 Å². The highest BCUT2D eigenvalue weighted by molar-refractivity contribution is 9.10. The van der Waals surface area contributed by atoms with E-state index in [9.17, 15) is 13.2 Å². The van der Waals surface area contributed by atoms with Crippen molar-refractivity contribution in [1.82, 2.24) is 0 Å². The second-order valence-electron chi connectivity index (χ2n) is 5.42. The second kappa shape index (κ2) is 5.50.